The van der Waals surface area contributed by atoms with Gasteiger partial charge >= 0.3 is 0 Å². The van der Waals surface area contributed by atoms with Crippen LogP contribution in [0.15, 0.2) is 6.20 Å². The second kappa shape index (κ2) is 6.40. The molecule has 0 bridgehead atoms. The van der Waals surface area contributed by atoms with Crippen molar-refractivity contribution in [2.45, 2.75) is 25.9 Å². The Kier molecular flexibility index (Phi) is 5.50. The van der Waals surface area contributed by atoms with E-state index in [9.17, 15) is 0 Å². The van der Waals surface area contributed by atoms with Crippen molar-refractivity contribution < 1.29 is 0 Å². The fourth-order valence-electron chi connectivity index (χ4n) is 1.35. The van der Waals surface area contributed by atoms with Gasteiger partial charge in [-0.15, -0.1) is 0 Å². The molecular weight excluding hydrogens is 230 g/mol. The van der Waals surface area contributed by atoms with Gasteiger partial charge in [0.1, 0.15) is 11.0 Å². The highest BCUT2D eigenvalue weighted by molar-refractivity contribution is 7.98. The minimum Gasteiger partial charge on any atom is -0.321 e. The van der Waals surface area contributed by atoms with E-state index in [4.69, 9.17) is 11.6 Å². The lowest BCUT2D eigenvalue weighted by molar-refractivity contribution is 0.522. The summed E-state index contributed by atoms with van der Waals surface area (Å²) < 4.78 is 1.90. The molecule has 1 atom stereocenters. The number of rotatable bonds is 6. The molecule has 1 rings (SSSR count). The molecule has 1 unspecified atom stereocenters. The summed E-state index contributed by atoms with van der Waals surface area (Å²) >= 11 is 7.77. The monoisotopic (exact) mass is 247 g/mol. The number of halogens is 1. The Labute approximate surface area is 101 Å². The lowest BCUT2D eigenvalue weighted by Crippen LogP contribution is -2.31. The molecular formula is C10H18ClN3S. The van der Waals surface area contributed by atoms with E-state index in [2.05, 4.69) is 23.5 Å². The number of aromatic nitrogens is 2. The second-order valence-electron chi connectivity index (χ2n) is 3.50. The third-order valence-corrected chi connectivity index (χ3v) is 3.52. The first-order chi connectivity index (χ1) is 7.19. The van der Waals surface area contributed by atoms with Crippen LogP contribution in [0.5, 0.6) is 0 Å². The molecule has 86 valence electrons. The van der Waals surface area contributed by atoms with Gasteiger partial charge in [-0.05, 0) is 12.7 Å². The van der Waals surface area contributed by atoms with Gasteiger partial charge in [-0.1, -0.05) is 18.5 Å². The Morgan fingerprint density at radius 3 is 2.87 bits per heavy atom. The highest BCUT2D eigenvalue weighted by Gasteiger charge is 2.08. The highest BCUT2D eigenvalue weighted by Crippen LogP contribution is 2.09. The molecule has 0 aliphatic carbocycles. The lowest BCUT2D eigenvalue weighted by Gasteiger charge is -2.15. The maximum Gasteiger partial charge on any atom is 0.128 e. The van der Waals surface area contributed by atoms with Crippen molar-refractivity contribution in [3.63, 3.8) is 0 Å². The average molecular weight is 248 g/mol. The van der Waals surface area contributed by atoms with E-state index in [0.29, 0.717) is 11.2 Å². The molecule has 5 heteroatoms. The Balaban J connectivity index is 2.45. The molecule has 15 heavy (non-hydrogen) atoms. The van der Waals surface area contributed by atoms with Gasteiger partial charge in [-0.25, -0.2) is 4.98 Å². The standard InChI is InChI=1S/C10H18ClN3S/c1-4-8(7-15-3)12-6-10-13-5-9(11)14(10)2/h5,8,12H,4,6-7H2,1-3H3. The average Bonchev–Trinajstić information content (AvgIpc) is 2.55. The van der Waals surface area contributed by atoms with Crippen molar-refractivity contribution in [1.82, 2.24) is 14.9 Å². The first-order valence-electron chi connectivity index (χ1n) is 5.07. The number of nitrogens with zero attached hydrogens (tertiary/aromatic N) is 2. The van der Waals surface area contributed by atoms with Gasteiger partial charge in [0.15, 0.2) is 0 Å². The van der Waals surface area contributed by atoms with Crippen molar-refractivity contribution in [2.75, 3.05) is 12.0 Å². The second-order valence-corrected chi connectivity index (χ2v) is 4.80. The van der Waals surface area contributed by atoms with Crippen LogP contribution in [0.3, 0.4) is 0 Å². The summed E-state index contributed by atoms with van der Waals surface area (Å²) in [5.41, 5.74) is 0. The predicted molar refractivity (Wildman–Crippen MR) is 67.5 cm³/mol. The summed E-state index contributed by atoms with van der Waals surface area (Å²) in [7, 11) is 1.93. The summed E-state index contributed by atoms with van der Waals surface area (Å²) in [4.78, 5) is 4.24. The zero-order chi connectivity index (χ0) is 11.3. The van der Waals surface area contributed by atoms with Gasteiger partial charge < -0.3 is 9.88 Å². The molecule has 0 aromatic carbocycles. The number of imidazole rings is 1. The van der Waals surface area contributed by atoms with Crippen molar-refractivity contribution in [3.8, 4) is 0 Å². The maximum absolute atomic E-state index is 5.91. The van der Waals surface area contributed by atoms with E-state index in [-0.39, 0.29) is 0 Å². The molecule has 0 spiro atoms. The zero-order valence-corrected chi connectivity index (χ0v) is 11.0. The normalized spacial score (nSPS) is 13.1. The molecule has 1 aromatic rings. The van der Waals surface area contributed by atoms with E-state index in [1.54, 1.807) is 6.20 Å². The summed E-state index contributed by atoms with van der Waals surface area (Å²) in [5.74, 6) is 2.12. The number of hydrogen-bond donors (Lipinski definition) is 1. The van der Waals surface area contributed by atoms with E-state index < -0.39 is 0 Å². The Morgan fingerprint density at radius 1 is 1.67 bits per heavy atom. The van der Waals surface area contributed by atoms with Crippen LogP contribution in [0, 0.1) is 0 Å². The smallest absolute Gasteiger partial charge is 0.128 e. The van der Waals surface area contributed by atoms with Crippen LogP contribution >= 0.6 is 23.4 Å². The summed E-state index contributed by atoms with van der Waals surface area (Å²) in [6.45, 7) is 2.97. The molecule has 0 fully saturated rings. The van der Waals surface area contributed by atoms with Crippen molar-refractivity contribution in [2.24, 2.45) is 7.05 Å². The molecule has 0 aliphatic heterocycles. The molecule has 1 N–H and O–H groups in total. The number of hydrogen-bond acceptors (Lipinski definition) is 3. The quantitative estimate of drug-likeness (QED) is 0.837. The fraction of sp³-hybridized carbons (Fsp3) is 0.700. The summed E-state index contributed by atoms with van der Waals surface area (Å²) in [6, 6.07) is 0.551. The van der Waals surface area contributed by atoms with Gasteiger partial charge in [0.25, 0.3) is 0 Å². The first-order valence-corrected chi connectivity index (χ1v) is 6.84. The van der Waals surface area contributed by atoms with Crippen LogP contribution in [0.4, 0.5) is 0 Å². The molecule has 1 heterocycles. The third-order valence-electron chi connectivity index (χ3n) is 2.44. The van der Waals surface area contributed by atoms with Gasteiger partial charge in [0.05, 0.1) is 12.7 Å². The van der Waals surface area contributed by atoms with Crippen molar-refractivity contribution in [3.05, 3.63) is 17.2 Å². The number of nitrogens with one attached hydrogen (secondary N) is 1. The molecule has 3 nitrogen and oxygen atoms in total. The van der Waals surface area contributed by atoms with Gasteiger partial charge in [-0.2, -0.15) is 11.8 Å². The minimum absolute atomic E-state index is 0.551. The first kappa shape index (κ1) is 12.9. The number of thioether (sulfide) groups is 1. The minimum atomic E-state index is 0.551. The Morgan fingerprint density at radius 2 is 2.40 bits per heavy atom. The van der Waals surface area contributed by atoms with Crippen LogP contribution < -0.4 is 5.32 Å². The largest absolute Gasteiger partial charge is 0.321 e. The van der Waals surface area contributed by atoms with Crippen molar-refractivity contribution in [1.29, 1.82) is 0 Å². The maximum atomic E-state index is 5.91. The molecule has 0 saturated carbocycles. The highest BCUT2D eigenvalue weighted by atomic mass is 35.5. The fourth-order valence-corrected chi connectivity index (χ4v) is 2.25. The van der Waals surface area contributed by atoms with E-state index in [1.165, 1.54) is 0 Å². The zero-order valence-electron chi connectivity index (χ0n) is 9.46. The summed E-state index contributed by atoms with van der Waals surface area (Å²) in [6.07, 6.45) is 4.95. The Bertz CT molecular complexity index is 301. The predicted octanol–water partition coefficient (Wildman–Crippen LogP) is 2.30. The SMILES string of the molecule is CCC(CSC)NCc1ncc(Cl)n1C. The van der Waals surface area contributed by atoms with Gasteiger partial charge in [0, 0.05) is 18.8 Å². The third kappa shape index (κ3) is 3.70. The molecule has 0 aliphatic rings. The van der Waals surface area contributed by atoms with Crippen LogP contribution in [-0.4, -0.2) is 27.6 Å². The van der Waals surface area contributed by atoms with Gasteiger partial charge in [-0.3, -0.25) is 0 Å². The topological polar surface area (TPSA) is 29.9 Å². The lowest BCUT2D eigenvalue weighted by atomic mass is 10.2. The van der Waals surface area contributed by atoms with E-state index >= 15 is 0 Å². The van der Waals surface area contributed by atoms with Crippen LogP contribution in [0.1, 0.15) is 19.2 Å². The van der Waals surface area contributed by atoms with Crippen LogP contribution in [-0.2, 0) is 13.6 Å². The summed E-state index contributed by atoms with van der Waals surface area (Å²) in [5, 5.41) is 4.16. The Hall–Kier alpha value is -0.190. The van der Waals surface area contributed by atoms with Crippen LogP contribution in [0.25, 0.3) is 0 Å². The van der Waals surface area contributed by atoms with Crippen molar-refractivity contribution >= 4 is 23.4 Å². The molecule has 1 aromatic heterocycles. The van der Waals surface area contributed by atoms with E-state index in [1.807, 2.05) is 23.4 Å². The van der Waals surface area contributed by atoms with E-state index in [0.717, 1.165) is 24.5 Å². The molecule has 0 saturated heterocycles. The molecule has 0 amide bonds. The van der Waals surface area contributed by atoms with Gasteiger partial charge in [0.2, 0.25) is 0 Å². The molecule has 0 radical (unpaired) electrons. The van der Waals surface area contributed by atoms with Crippen LogP contribution in [0.2, 0.25) is 5.15 Å².